The van der Waals surface area contributed by atoms with Gasteiger partial charge in [-0.1, -0.05) is 48.9 Å². The molecule has 3 atom stereocenters. The molecule has 2 aromatic rings. The van der Waals surface area contributed by atoms with E-state index >= 15 is 0 Å². The van der Waals surface area contributed by atoms with Crippen LogP contribution in [0.5, 0.6) is 5.75 Å². The Balaban J connectivity index is 1.46. The van der Waals surface area contributed by atoms with Gasteiger partial charge in [-0.3, -0.25) is 0 Å². The summed E-state index contributed by atoms with van der Waals surface area (Å²) >= 11 is 0. The van der Waals surface area contributed by atoms with Gasteiger partial charge in [0, 0.05) is 6.54 Å². The minimum Gasteiger partial charge on any atom is -0.490 e. The Kier molecular flexibility index (Phi) is 6.73. The molecule has 0 amide bonds. The molecule has 1 aliphatic carbocycles. The minimum atomic E-state index is 0.370. The third kappa shape index (κ3) is 5.60. The summed E-state index contributed by atoms with van der Waals surface area (Å²) in [4.78, 5) is 0. The topological polar surface area (TPSA) is 21.3 Å². The van der Waals surface area contributed by atoms with Gasteiger partial charge in [0.25, 0.3) is 0 Å². The van der Waals surface area contributed by atoms with E-state index in [0.29, 0.717) is 12.0 Å². The first-order valence-corrected chi connectivity index (χ1v) is 10.1. The molecule has 2 nitrogen and oxygen atoms in total. The minimum absolute atomic E-state index is 0.370. The van der Waals surface area contributed by atoms with Crippen LogP contribution in [0.3, 0.4) is 0 Å². The normalized spacial score (nSPS) is 21.3. The third-order valence-corrected chi connectivity index (χ3v) is 5.64. The molecule has 0 radical (unpaired) electrons. The molecule has 0 saturated heterocycles. The fraction of sp³-hybridized carbons (Fsp3) is 0.500. The van der Waals surface area contributed by atoms with E-state index in [2.05, 4.69) is 74.6 Å². The van der Waals surface area contributed by atoms with Gasteiger partial charge >= 0.3 is 0 Å². The Morgan fingerprint density at radius 2 is 1.81 bits per heavy atom. The summed E-state index contributed by atoms with van der Waals surface area (Å²) in [5.41, 5.74) is 3.98. The quantitative estimate of drug-likeness (QED) is 0.694. The zero-order valence-electron chi connectivity index (χ0n) is 16.5. The molecule has 1 aliphatic rings. The van der Waals surface area contributed by atoms with Crippen molar-refractivity contribution in [1.82, 2.24) is 5.32 Å². The lowest BCUT2D eigenvalue weighted by atomic mass is 9.79. The molecular formula is C24H33NO. The van der Waals surface area contributed by atoms with Crippen LogP contribution in [0.4, 0.5) is 0 Å². The van der Waals surface area contributed by atoms with Crippen molar-refractivity contribution in [3.8, 4) is 5.75 Å². The summed E-state index contributed by atoms with van der Waals surface area (Å²) in [7, 11) is 0. The largest absolute Gasteiger partial charge is 0.490 e. The van der Waals surface area contributed by atoms with E-state index in [0.717, 1.165) is 24.8 Å². The first-order chi connectivity index (χ1) is 12.6. The van der Waals surface area contributed by atoms with Crippen molar-refractivity contribution in [2.45, 2.75) is 59.1 Å². The number of nitrogens with one attached hydrogen (secondary N) is 1. The van der Waals surface area contributed by atoms with Crippen LogP contribution in [0.25, 0.3) is 0 Å². The van der Waals surface area contributed by atoms with E-state index in [4.69, 9.17) is 4.74 Å². The highest BCUT2D eigenvalue weighted by Gasteiger charge is 2.27. The molecule has 0 aromatic heterocycles. The van der Waals surface area contributed by atoms with Crippen molar-refractivity contribution in [3.05, 3.63) is 65.2 Å². The number of benzene rings is 2. The number of rotatable bonds is 7. The highest BCUT2D eigenvalue weighted by atomic mass is 16.5. The van der Waals surface area contributed by atoms with Gasteiger partial charge in [-0.2, -0.15) is 0 Å². The van der Waals surface area contributed by atoms with E-state index in [9.17, 15) is 0 Å². The predicted molar refractivity (Wildman–Crippen MR) is 110 cm³/mol. The highest BCUT2D eigenvalue weighted by molar-refractivity contribution is 5.27. The van der Waals surface area contributed by atoms with Gasteiger partial charge in [0.1, 0.15) is 5.75 Å². The first-order valence-electron chi connectivity index (χ1n) is 10.1. The second-order valence-corrected chi connectivity index (χ2v) is 8.08. The number of hydrogen-bond acceptors (Lipinski definition) is 2. The third-order valence-electron chi connectivity index (χ3n) is 5.64. The summed E-state index contributed by atoms with van der Waals surface area (Å²) in [6, 6.07) is 17.2. The van der Waals surface area contributed by atoms with Gasteiger partial charge in [-0.25, -0.2) is 0 Å². The molecular weight excluding hydrogens is 318 g/mol. The maximum absolute atomic E-state index is 6.28. The second-order valence-electron chi connectivity index (χ2n) is 8.08. The molecule has 0 bridgehead atoms. The van der Waals surface area contributed by atoms with Crippen molar-refractivity contribution in [2.24, 2.45) is 11.8 Å². The molecule has 1 fully saturated rings. The van der Waals surface area contributed by atoms with Crippen molar-refractivity contribution < 1.29 is 4.74 Å². The van der Waals surface area contributed by atoms with E-state index in [-0.39, 0.29) is 0 Å². The van der Waals surface area contributed by atoms with Crippen LogP contribution < -0.4 is 10.1 Å². The van der Waals surface area contributed by atoms with E-state index in [1.54, 1.807) is 0 Å². The molecule has 1 saturated carbocycles. The summed E-state index contributed by atoms with van der Waals surface area (Å²) in [6.45, 7) is 8.71. The zero-order chi connectivity index (χ0) is 18.4. The highest BCUT2D eigenvalue weighted by Crippen LogP contribution is 2.32. The first kappa shape index (κ1) is 19.0. The summed E-state index contributed by atoms with van der Waals surface area (Å²) in [5.74, 6) is 2.47. The number of hydrogen-bond donors (Lipinski definition) is 1. The Bertz CT molecular complexity index is 696. The van der Waals surface area contributed by atoms with Crippen LogP contribution >= 0.6 is 0 Å². The Labute approximate surface area is 159 Å². The van der Waals surface area contributed by atoms with Crippen molar-refractivity contribution in [3.63, 3.8) is 0 Å². The van der Waals surface area contributed by atoms with Crippen LogP contribution in [0.2, 0.25) is 0 Å². The number of aryl methyl sites for hydroxylation is 2. The van der Waals surface area contributed by atoms with Gasteiger partial charge in [-0.05, 0) is 81.2 Å². The Morgan fingerprint density at radius 3 is 2.58 bits per heavy atom. The van der Waals surface area contributed by atoms with Crippen molar-refractivity contribution >= 4 is 0 Å². The molecule has 0 aliphatic heterocycles. The molecule has 0 spiro atoms. The maximum atomic E-state index is 6.28. The zero-order valence-corrected chi connectivity index (χ0v) is 16.5. The van der Waals surface area contributed by atoms with Crippen LogP contribution in [-0.4, -0.2) is 12.6 Å². The molecule has 2 unspecified atom stereocenters. The Hall–Kier alpha value is -1.80. The standard InChI is InChI=1S/C24H33NO/c1-18-7-4-9-21(13-18)17-25-16-20(3)22-10-6-12-24(15-22)26-23-11-5-8-19(2)14-23/h4-5,7-9,11,13-14,20,22,24-25H,6,10,12,15-17H2,1-3H3/t20?,22?,24-/m1/s1. The van der Waals surface area contributed by atoms with Gasteiger partial charge in [0.15, 0.2) is 0 Å². The Morgan fingerprint density at radius 1 is 1.04 bits per heavy atom. The van der Waals surface area contributed by atoms with Crippen LogP contribution in [0.1, 0.15) is 49.3 Å². The lowest BCUT2D eigenvalue weighted by molar-refractivity contribution is 0.102. The molecule has 1 N–H and O–H groups in total. The van der Waals surface area contributed by atoms with Gasteiger partial charge in [0.2, 0.25) is 0 Å². The monoisotopic (exact) mass is 351 g/mol. The SMILES string of the molecule is Cc1cccc(CNCC(C)C2CCC[C@@H](Oc3cccc(C)c3)C2)c1. The summed E-state index contributed by atoms with van der Waals surface area (Å²) < 4.78 is 6.28. The molecule has 2 heteroatoms. The lowest BCUT2D eigenvalue weighted by Gasteiger charge is -2.33. The van der Waals surface area contributed by atoms with Gasteiger partial charge in [0.05, 0.1) is 6.10 Å². The van der Waals surface area contributed by atoms with Crippen molar-refractivity contribution in [2.75, 3.05) is 6.54 Å². The van der Waals surface area contributed by atoms with E-state index < -0.39 is 0 Å². The van der Waals surface area contributed by atoms with Crippen LogP contribution in [0.15, 0.2) is 48.5 Å². The molecule has 26 heavy (non-hydrogen) atoms. The second kappa shape index (κ2) is 9.23. The fourth-order valence-corrected chi connectivity index (χ4v) is 4.12. The maximum Gasteiger partial charge on any atom is 0.119 e. The summed E-state index contributed by atoms with van der Waals surface area (Å²) in [6.07, 6.45) is 5.36. The van der Waals surface area contributed by atoms with Gasteiger partial charge in [-0.15, -0.1) is 0 Å². The fourth-order valence-electron chi connectivity index (χ4n) is 4.12. The van der Waals surface area contributed by atoms with E-state index in [1.807, 2.05) is 0 Å². The van der Waals surface area contributed by atoms with Crippen LogP contribution in [-0.2, 0) is 6.54 Å². The van der Waals surface area contributed by atoms with Crippen molar-refractivity contribution in [1.29, 1.82) is 0 Å². The predicted octanol–water partition coefficient (Wildman–Crippen LogP) is 5.67. The summed E-state index contributed by atoms with van der Waals surface area (Å²) in [5, 5.41) is 3.66. The lowest BCUT2D eigenvalue weighted by Crippen LogP contribution is -2.33. The molecule has 3 rings (SSSR count). The smallest absolute Gasteiger partial charge is 0.119 e. The average Bonchev–Trinajstić information content (AvgIpc) is 2.62. The molecule has 2 aromatic carbocycles. The molecule has 140 valence electrons. The average molecular weight is 352 g/mol. The van der Waals surface area contributed by atoms with E-state index in [1.165, 1.54) is 42.4 Å². The molecule has 0 heterocycles. The van der Waals surface area contributed by atoms with Gasteiger partial charge < -0.3 is 10.1 Å². The van der Waals surface area contributed by atoms with Crippen LogP contribution in [0, 0.1) is 25.7 Å². The number of ether oxygens (including phenoxy) is 1.